The van der Waals surface area contributed by atoms with Crippen LogP contribution in [0.1, 0.15) is 12.8 Å². The zero-order valence-corrected chi connectivity index (χ0v) is 6.87. The van der Waals surface area contributed by atoms with Gasteiger partial charge in [0.2, 0.25) is 0 Å². The van der Waals surface area contributed by atoms with Crippen LogP contribution in [0.5, 0.6) is 0 Å². The molecular weight excluding hydrogens is 176 g/mol. The largest absolute Gasteiger partial charge is 0.345 e. The molecule has 1 atom stereocenters. The number of rotatable bonds is 2. The summed E-state index contributed by atoms with van der Waals surface area (Å²) in [4.78, 5) is 0. The molecule has 68 valence electrons. The Bertz CT molecular complexity index is 98.6. The minimum atomic E-state index is -2.62. The Balaban J connectivity index is 0.000001000. The van der Waals surface area contributed by atoms with Gasteiger partial charge in [0.25, 0.3) is 0 Å². The van der Waals surface area contributed by atoms with Gasteiger partial charge in [0.1, 0.15) is 0 Å². The molecule has 0 aromatic heterocycles. The lowest BCUT2D eigenvalue weighted by Gasteiger charge is -2.22. The summed E-state index contributed by atoms with van der Waals surface area (Å²) in [5, 5.41) is 2.98. The zero-order chi connectivity index (χ0) is 7.40. The van der Waals surface area contributed by atoms with Crippen LogP contribution < -0.4 is 5.32 Å². The molecule has 0 aromatic rings. The maximum atomic E-state index is 11.6. The van der Waals surface area contributed by atoms with Gasteiger partial charge in [0.05, 0.1) is 6.10 Å². The van der Waals surface area contributed by atoms with E-state index in [1.807, 2.05) is 0 Å². The van der Waals surface area contributed by atoms with Crippen molar-refractivity contribution in [2.24, 2.45) is 0 Å². The molecule has 1 heterocycles. The first-order valence-corrected chi connectivity index (χ1v) is 3.43. The highest BCUT2D eigenvalue weighted by Gasteiger charge is 2.16. The summed E-state index contributed by atoms with van der Waals surface area (Å²) < 4.78 is 27.4. The van der Waals surface area contributed by atoms with Gasteiger partial charge >= 0.3 is 6.61 Å². The van der Waals surface area contributed by atoms with E-state index in [9.17, 15) is 8.78 Å². The van der Waals surface area contributed by atoms with Gasteiger partial charge in [-0.3, -0.25) is 0 Å². The number of piperidine rings is 1. The smallest absolute Gasteiger partial charge is 0.318 e. The minimum Gasteiger partial charge on any atom is -0.318 e. The van der Waals surface area contributed by atoms with Crippen molar-refractivity contribution in [3.05, 3.63) is 0 Å². The quantitative estimate of drug-likeness (QED) is 0.706. The maximum absolute atomic E-state index is 11.6. The molecule has 0 radical (unpaired) electrons. The third-order valence-electron chi connectivity index (χ3n) is 1.55. The molecule has 0 amide bonds. The molecule has 0 bridgehead atoms. The van der Waals surface area contributed by atoms with Gasteiger partial charge in [-0.15, -0.1) is 12.4 Å². The van der Waals surface area contributed by atoms with Crippen molar-refractivity contribution in [3.8, 4) is 0 Å². The van der Waals surface area contributed by atoms with Gasteiger partial charge in [0.15, 0.2) is 0 Å². The van der Waals surface area contributed by atoms with E-state index in [2.05, 4.69) is 10.1 Å². The summed E-state index contributed by atoms with van der Waals surface area (Å²) in [6, 6.07) is 0. The van der Waals surface area contributed by atoms with Crippen LogP contribution in [0.25, 0.3) is 0 Å². The summed E-state index contributed by atoms with van der Waals surface area (Å²) in [7, 11) is 0. The fraction of sp³-hybridized carbons (Fsp3) is 1.00. The number of hydrogen-bond donors (Lipinski definition) is 1. The van der Waals surface area contributed by atoms with Crippen LogP contribution in [0.4, 0.5) is 8.78 Å². The highest BCUT2D eigenvalue weighted by atomic mass is 35.5. The van der Waals surface area contributed by atoms with Crippen LogP contribution in [0.2, 0.25) is 0 Å². The summed E-state index contributed by atoms with van der Waals surface area (Å²) in [5.41, 5.74) is 0. The van der Waals surface area contributed by atoms with Crippen LogP contribution in [-0.4, -0.2) is 25.8 Å². The van der Waals surface area contributed by atoms with Crippen molar-refractivity contribution in [1.29, 1.82) is 0 Å². The Labute approximate surface area is 70.7 Å². The third-order valence-corrected chi connectivity index (χ3v) is 1.55. The molecule has 0 spiro atoms. The highest BCUT2D eigenvalue weighted by Crippen LogP contribution is 2.09. The normalized spacial score (nSPS) is 24.8. The standard InChI is InChI=1S/C6H11F2NO.ClH/c7-6(8)10-5-2-1-3-9-4-5;/h5-6,9H,1-4H2;1H/t5-;/m0./s1. The summed E-state index contributed by atoms with van der Waals surface area (Å²) >= 11 is 0. The van der Waals surface area contributed by atoms with Crippen molar-refractivity contribution >= 4 is 12.4 Å². The number of ether oxygens (including phenoxy) is 1. The molecule has 0 saturated carbocycles. The van der Waals surface area contributed by atoms with Crippen molar-refractivity contribution in [1.82, 2.24) is 5.32 Å². The molecule has 2 nitrogen and oxygen atoms in total. The van der Waals surface area contributed by atoms with E-state index < -0.39 is 6.61 Å². The Morgan fingerprint density at radius 1 is 1.45 bits per heavy atom. The third kappa shape index (κ3) is 4.50. The molecule has 1 rings (SSSR count). The number of halogens is 3. The molecule has 1 aliphatic rings. The summed E-state index contributed by atoms with van der Waals surface area (Å²) in [5.74, 6) is 0. The first kappa shape index (κ1) is 11.1. The molecule has 1 saturated heterocycles. The van der Waals surface area contributed by atoms with Gasteiger partial charge < -0.3 is 10.1 Å². The fourth-order valence-electron chi connectivity index (χ4n) is 1.08. The number of nitrogens with one attached hydrogen (secondary N) is 1. The molecule has 1 N–H and O–H groups in total. The van der Waals surface area contributed by atoms with Gasteiger partial charge in [-0.1, -0.05) is 0 Å². The van der Waals surface area contributed by atoms with E-state index in [1.165, 1.54) is 0 Å². The first-order valence-electron chi connectivity index (χ1n) is 3.43. The maximum Gasteiger partial charge on any atom is 0.345 e. The molecule has 0 unspecified atom stereocenters. The van der Waals surface area contributed by atoms with Crippen LogP contribution in [0.3, 0.4) is 0 Å². The lowest BCUT2D eigenvalue weighted by molar-refractivity contribution is -0.165. The Morgan fingerprint density at radius 2 is 2.18 bits per heavy atom. The second kappa shape index (κ2) is 5.69. The van der Waals surface area contributed by atoms with Gasteiger partial charge in [-0.2, -0.15) is 8.78 Å². The van der Waals surface area contributed by atoms with E-state index in [4.69, 9.17) is 0 Å². The van der Waals surface area contributed by atoms with E-state index in [0.717, 1.165) is 19.4 Å². The Morgan fingerprint density at radius 3 is 2.64 bits per heavy atom. The van der Waals surface area contributed by atoms with Gasteiger partial charge in [-0.25, -0.2) is 0 Å². The molecule has 1 aliphatic heterocycles. The molecule has 0 aliphatic carbocycles. The summed E-state index contributed by atoms with van der Waals surface area (Å²) in [6.07, 6.45) is 1.39. The fourth-order valence-corrected chi connectivity index (χ4v) is 1.08. The Kier molecular flexibility index (Phi) is 5.72. The van der Waals surface area contributed by atoms with Gasteiger partial charge in [-0.05, 0) is 19.4 Å². The molecular formula is C6H12ClF2NO. The van der Waals surface area contributed by atoms with E-state index in [0.29, 0.717) is 6.54 Å². The molecule has 11 heavy (non-hydrogen) atoms. The average Bonchev–Trinajstić information content (AvgIpc) is 1.88. The monoisotopic (exact) mass is 187 g/mol. The SMILES string of the molecule is Cl.FC(F)O[C@H]1CCCNC1. The molecule has 1 fully saturated rings. The van der Waals surface area contributed by atoms with Crippen LogP contribution in [-0.2, 0) is 4.74 Å². The molecule has 5 heteroatoms. The second-order valence-corrected chi connectivity index (χ2v) is 2.37. The molecule has 0 aromatic carbocycles. The van der Waals surface area contributed by atoms with E-state index in [1.54, 1.807) is 0 Å². The topological polar surface area (TPSA) is 21.3 Å². The van der Waals surface area contributed by atoms with E-state index in [-0.39, 0.29) is 18.5 Å². The van der Waals surface area contributed by atoms with Crippen molar-refractivity contribution < 1.29 is 13.5 Å². The second-order valence-electron chi connectivity index (χ2n) is 2.37. The average molecular weight is 188 g/mol. The number of alkyl halides is 2. The van der Waals surface area contributed by atoms with Crippen molar-refractivity contribution in [3.63, 3.8) is 0 Å². The first-order chi connectivity index (χ1) is 4.79. The van der Waals surface area contributed by atoms with Crippen LogP contribution in [0, 0.1) is 0 Å². The zero-order valence-electron chi connectivity index (χ0n) is 6.06. The van der Waals surface area contributed by atoms with Crippen molar-refractivity contribution in [2.75, 3.05) is 13.1 Å². The van der Waals surface area contributed by atoms with Gasteiger partial charge in [0, 0.05) is 6.54 Å². The van der Waals surface area contributed by atoms with Crippen LogP contribution in [0.15, 0.2) is 0 Å². The van der Waals surface area contributed by atoms with Crippen molar-refractivity contribution in [2.45, 2.75) is 25.6 Å². The lowest BCUT2D eigenvalue weighted by Crippen LogP contribution is -2.36. The highest BCUT2D eigenvalue weighted by molar-refractivity contribution is 5.85. The lowest BCUT2D eigenvalue weighted by atomic mass is 10.1. The predicted molar refractivity (Wildman–Crippen MR) is 40.2 cm³/mol. The summed E-state index contributed by atoms with van der Waals surface area (Å²) in [6.45, 7) is -1.14. The minimum absolute atomic E-state index is 0. The van der Waals surface area contributed by atoms with Crippen LogP contribution >= 0.6 is 12.4 Å². The number of hydrogen-bond acceptors (Lipinski definition) is 2. The predicted octanol–water partition coefficient (Wildman–Crippen LogP) is 1.40. The Hall–Kier alpha value is 0.0700. The van der Waals surface area contributed by atoms with E-state index >= 15 is 0 Å².